The first-order chi connectivity index (χ1) is 11.0. The number of rotatable bonds is 6. The molecule has 0 aliphatic heterocycles. The predicted molar refractivity (Wildman–Crippen MR) is 94.1 cm³/mol. The maximum Gasteiger partial charge on any atom is 0.331 e. The van der Waals surface area contributed by atoms with Crippen LogP contribution in [0.25, 0.3) is 6.08 Å². The molecule has 0 aliphatic rings. The molecule has 0 bridgehead atoms. The summed E-state index contributed by atoms with van der Waals surface area (Å²) in [5.41, 5.74) is 0.735. The molecule has 0 radical (unpaired) electrons. The third-order valence-corrected chi connectivity index (χ3v) is 4.49. The molecule has 0 N–H and O–H groups in total. The number of hydrogen-bond donors (Lipinski definition) is 0. The van der Waals surface area contributed by atoms with Gasteiger partial charge in [0.05, 0.1) is 12.0 Å². The molecular formula is C17H15BrO4S. The van der Waals surface area contributed by atoms with Crippen LogP contribution in [-0.4, -0.2) is 25.5 Å². The fourth-order valence-electron chi connectivity index (χ4n) is 1.83. The number of methoxy groups -OCH3 is 1. The molecular weight excluding hydrogens is 380 g/mol. The van der Waals surface area contributed by atoms with E-state index in [2.05, 4.69) is 15.9 Å². The van der Waals surface area contributed by atoms with Crippen molar-refractivity contribution < 1.29 is 19.1 Å². The van der Waals surface area contributed by atoms with Crippen molar-refractivity contribution in [2.24, 2.45) is 0 Å². The highest BCUT2D eigenvalue weighted by Gasteiger charge is 2.10. The summed E-state index contributed by atoms with van der Waals surface area (Å²) in [4.78, 5) is 25.2. The monoisotopic (exact) mass is 394 g/mol. The molecule has 0 atom stereocenters. The maximum absolute atomic E-state index is 11.9. The van der Waals surface area contributed by atoms with Crippen LogP contribution in [0.2, 0.25) is 0 Å². The summed E-state index contributed by atoms with van der Waals surface area (Å²) in [6.07, 6.45) is 2.86. The van der Waals surface area contributed by atoms with Gasteiger partial charge >= 0.3 is 5.97 Å². The second-order valence-electron chi connectivity index (χ2n) is 4.66. The van der Waals surface area contributed by atoms with Gasteiger partial charge in [-0.25, -0.2) is 4.79 Å². The topological polar surface area (TPSA) is 52.6 Å². The predicted octanol–water partition coefficient (Wildman–Crippen LogP) is 4.27. The fourth-order valence-corrected chi connectivity index (χ4v) is 3.00. The van der Waals surface area contributed by atoms with Crippen LogP contribution < -0.4 is 4.74 Å². The van der Waals surface area contributed by atoms with Crippen LogP contribution in [0.15, 0.2) is 40.9 Å². The number of ether oxygens (including phenoxy) is 2. The second kappa shape index (κ2) is 8.08. The lowest BCUT2D eigenvalue weighted by molar-refractivity contribution is -0.136. The quantitative estimate of drug-likeness (QED) is 0.417. The van der Waals surface area contributed by atoms with Crippen molar-refractivity contribution >= 4 is 45.1 Å². The Labute approximate surface area is 146 Å². The number of carbonyl (C=O) groups excluding carboxylic acids is 2. The Morgan fingerprint density at radius 2 is 2.04 bits per heavy atom. The Kier molecular flexibility index (Phi) is 6.12. The van der Waals surface area contributed by atoms with E-state index in [-0.39, 0.29) is 12.4 Å². The molecule has 1 aromatic carbocycles. The van der Waals surface area contributed by atoms with Crippen molar-refractivity contribution in [3.8, 4) is 5.75 Å². The smallest absolute Gasteiger partial charge is 0.331 e. The number of Topliss-reactive ketones (excluding diaryl/α,β-unsaturated/α-hetero) is 1. The highest BCUT2D eigenvalue weighted by Crippen LogP contribution is 2.24. The molecule has 1 heterocycles. The maximum atomic E-state index is 11.9. The fraction of sp³-hybridized carbons (Fsp3) is 0.176. The number of ketones is 1. The van der Waals surface area contributed by atoms with E-state index in [1.807, 2.05) is 25.1 Å². The number of esters is 1. The van der Waals surface area contributed by atoms with Gasteiger partial charge in [-0.05, 0) is 43.3 Å². The summed E-state index contributed by atoms with van der Waals surface area (Å²) in [6, 6.07) is 9.05. The Hall–Kier alpha value is -1.92. The average Bonchev–Trinajstić information content (AvgIpc) is 2.97. The van der Waals surface area contributed by atoms with Crippen molar-refractivity contribution in [1.29, 1.82) is 0 Å². The third kappa shape index (κ3) is 5.04. The van der Waals surface area contributed by atoms with Crippen LogP contribution in [0.5, 0.6) is 5.75 Å². The van der Waals surface area contributed by atoms with E-state index in [1.54, 1.807) is 25.3 Å². The van der Waals surface area contributed by atoms with Gasteiger partial charge in [-0.2, -0.15) is 0 Å². The second-order valence-corrected chi connectivity index (χ2v) is 6.86. The molecule has 2 rings (SSSR count). The van der Waals surface area contributed by atoms with E-state index >= 15 is 0 Å². The highest BCUT2D eigenvalue weighted by atomic mass is 79.9. The van der Waals surface area contributed by atoms with Gasteiger partial charge in [-0.3, -0.25) is 4.79 Å². The first-order valence-electron chi connectivity index (χ1n) is 6.77. The van der Waals surface area contributed by atoms with Crippen LogP contribution in [-0.2, 0) is 9.53 Å². The average molecular weight is 395 g/mol. The largest absolute Gasteiger partial charge is 0.496 e. The van der Waals surface area contributed by atoms with Gasteiger partial charge in [0, 0.05) is 21.0 Å². The molecule has 0 saturated heterocycles. The first kappa shape index (κ1) is 17.4. The Morgan fingerprint density at radius 1 is 1.26 bits per heavy atom. The van der Waals surface area contributed by atoms with Crippen molar-refractivity contribution in [1.82, 2.24) is 0 Å². The Bertz CT molecular complexity index is 749. The molecule has 0 fully saturated rings. The van der Waals surface area contributed by atoms with Crippen LogP contribution >= 0.6 is 27.3 Å². The lowest BCUT2D eigenvalue weighted by Gasteiger charge is -2.05. The zero-order valence-corrected chi connectivity index (χ0v) is 15.1. The van der Waals surface area contributed by atoms with Crippen LogP contribution in [0, 0.1) is 6.92 Å². The Morgan fingerprint density at radius 3 is 2.70 bits per heavy atom. The molecule has 2 aromatic rings. The van der Waals surface area contributed by atoms with Crippen molar-refractivity contribution in [2.75, 3.05) is 13.7 Å². The number of benzene rings is 1. The number of halogens is 1. The molecule has 4 nitrogen and oxygen atoms in total. The van der Waals surface area contributed by atoms with Gasteiger partial charge < -0.3 is 9.47 Å². The van der Waals surface area contributed by atoms with Crippen molar-refractivity contribution in [2.45, 2.75) is 6.92 Å². The summed E-state index contributed by atoms with van der Waals surface area (Å²) in [6.45, 7) is 1.65. The van der Waals surface area contributed by atoms with E-state index in [0.717, 1.165) is 14.9 Å². The van der Waals surface area contributed by atoms with Crippen molar-refractivity contribution in [3.05, 3.63) is 56.2 Å². The van der Waals surface area contributed by atoms with Gasteiger partial charge in [0.2, 0.25) is 5.78 Å². The van der Waals surface area contributed by atoms with Crippen LogP contribution in [0.3, 0.4) is 0 Å². The minimum atomic E-state index is -0.575. The van der Waals surface area contributed by atoms with E-state index in [0.29, 0.717) is 10.6 Å². The zero-order valence-electron chi connectivity index (χ0n) is 12.7. The molecule has 0 amide bonds. The molecule has 0 aliphatic carbocycles. The van der Waals surface area contributed by atoms with Gasteiger partial charge in [0.1, 0.15) is 5.75 Å². The summed E-state index contributed by atoms with van der Waals surface area (Å²) >= 11 is 4.74. The normalized spacial score (nSPS) is 10.7. The van der Waals surface area contributed by atoms with E-state index in [1.165, 1.54) is 17.4 Å². The van der Waals surface area contributed by atoms with E-state index in [4.69, 9.17) is 9.47 Å². The van der Waals surface area contributed by atoms with E-state index < -0.39 is 5.97 Å². The number of hydrogen-bond acceptors (Lipinski definition) is 5. The minimum Gasteiger partial charge on any atom is -0.496 e. The van der Waals surface area contributed by atoms with Gasteiger partial charge in [-0.15, -0.1) is 11.3 Å². The molecule has 0 spiro atoms. The lowest BCUT2D eigenvalue weighted by atomic mass is 10.2. The van der Waals surface area contributed by atoms with Gasteiger partial charge in [0.15, 0.2) is 6.61 Å². The number of aryl methyl sites for hydroxylation is 1. The highest BCUT2D eigenvalue weighted by molar-refractivity contribution is 9.10. The Balaban J connectivity index is 1.94. The van der Waals surface area contributed by atoms with Crippen LogP contribution in [0.1, 0.15) is 20.1 Å². The summed E-state index contributed by atoms with van der Waals surface area (Å²) in [5.74, 6) is -0.138. The SMILES string of the molecule is COc1ccc(Br)cc1/C=C/C(=O)OCC(=O)c1ccc(C)s1. The summed E-state index contributed by atoms with van der Waals surface area (Å²) < 4.78 is 11.1. The number of carbonyl (C=O) groups is 2. The molecule has 120 valence electrons. The molecule has 6 heteroatoms. The molecule has 1 aromatic heterocycles. The zero-order chi connectivity index (χ0) is 16.8. The minimum absolute atomic E-state index is 0.204. The van der Waals surface area contributed by atoms with Gasteiger partial charge in [0.25, 0.3) is 0 Å². The molecule has 0 unspecified atom stereocenters. The molecule has 23 heavy (non-hydrogen) atoms. The lowest BCUT2D eigenvalue weighted by Crippen LogP contribution is -2.11. The van der Waals surface area contributed by atoms with Crippen molar-refractivity contribution in [3.63, 3.8) is 0 Å². The standard InChI is InChI=1S/C17H15BrO4S/c1-11-3-7-16(23-11)14(19)10-22-17(20)8-4-12-9-13(18)5-6-15(12)21-2/h3-9H,10H2,1-2H3/b8-4+. The molecule has 0 saturated carbocycles. The third-order valence-electron chi connectivity index (χ3n) is 2.95. The first-order valence-corrected chi connectivity index (χ1v) is 8.38. The van der Waals surface area contributed by atoms with Crippen LogP contribution in [0.4, 0.5) is 0 Å². The van der Waals surface area contributed by atoms with E-state index in [9.17, 15) is 9.59 Å². The summed E-state index contributed by atoms with van der Waals surface area (Å²) in [5, 5.41) is 0. The van der Waals surface area contributed by atoms with Gasteiger partial charge in [-0.1, -0.05) is 15.9 Å². The number of thiophene rings is 1. The summed E-state index contributed by atoms with van der Waals surface area (Å²) in [7, 11) is 1.56.